The molecule has 30 heavy (non-hydrogen) atoms. The molecule has 0 saturated carbocycles. The lowest BCUT2D eigenvalue weighted by Crippen LogP contribution is -2.58. The van der Waals surface area contributed by atoms with E-state index in [9.17, 15) is 14.7 Å². The Labute approximate surface area is 182 Å². The Morgan fingerprint density at radius 2 is 1.77 bits per heavy atom. The van der Waals surface area contributed by atoms with Crippen molar-refractivity contribution in [3.63, 3.8) is 0 Å². The maximum atomic E-state index is 12.9. The van der Waals surface area contributed by atoms with E-state index < -0.39 is 23.6 Å². The van der Waals surface area contributed by atoms with E-state index in [0.717, 1.165) is 4.90 Å². The molecule has 0 bridgehead atoms. The highest BCUT2D eigenvalue weighted by molar-refractivity contribution is 6.36. The molecular weight excluding hydrogens is 427 g/mol. The van der Waals surface area contributed by atoms with Gasteiger partial charge in [0.2, 0.25) is 5.91 Å². The summed E-state index contributed by atoms with van der Waals surface area (Å²) in [5, 5.41) is 13.8. The third kappa shape index (κ3) is 2.94. The van der Waals surface area contributed by atoms with Gasteiger partial charge in [0, 0.05) is 28.0 Å². The number of carbonyl (C=O) groups excluding carboxylic acids is 1. The summed E-state index contributed by atoms with van der Waals surface area (Å²) in [6.45, 7) is 0. The van der Waals surface area contributed by atoms with Gasteiger partial charge in [-0.1, -0.05) is 47.5 Å². The average Bonchev–Trinajstić information content (AvgIpc) is 3.03. The molecule has 0 saturated heterocycles. The van der Waals surface area contributed by atoms with E-state index in [1.165, 1.54) is 6.20 Å². The first-order valence-electron chi connectivity index (χ1n) is 8.92. The lowest BCUT2D eigenvalue weighted by atomic mass is 9.80. The Morgan fingerprint density at radius 1 is 1.07 bits per heavy atom. The Bertz CT molecular complexity index is 1120. The molecule has 0 fully saturated rings. The van der Waals surface area contributed by atoms with Crippen LogP contribution in [-0.2, 0) is 10.5 Å². The summed E-state index contributed by atoms with van der Waals surface area (Å²) in [7, 11) is 0. The van der Waals surface area contributed by atoms with Gasteiger partial charge < -0.3 is 16.2 Å². The van der Waals surface area contributed by atoms with Crippen molar-refractivity contribution in [2.24, 2.45) is 5.73 Å². The molecule has 2 atom stereocenters. The number of anilines is 2. The van der Waals surface area contributed by atoms with Crippen LogP contribution in [0.4, 0.5) is 16.2 Å². The van der Waals surface area contributed by atoms with Gasteiger partial charge in [-0.3, -0.25) is 9.78 Å². The smallest absolute Gasteiger partial charge is 0.414 e. The van der Waals surface area contributed by atoms with E-state index in [0.29, 0.717) is 16.9 Å². The summed E-state index contributed by atoms with van der Waals surface area (Å²) in [6, 6.07) is 14.9. The third-order valence-electron chi connectivity index (χ3n) is 5.08. The Kier molecular flexibility index (Phi) is 5.01. The number of carbonyl (C=O) groups is 2. The molecule has 1 aliphatic heterocycles. The van der Waals surface area contributed by atoms with Gasteiger partial charge >= 0.3 is 6.09 Å². The minimum absolute atomic E-state index is 0.184. The number of nitrogens with one attached hydrogen (secondary N) is 1. The first kappa shape index (κ1) is 20.0. The van der Waals surface area contributed by atoms with Crippen molar-refractivity contribution in [3.05, 3.63) is 88.2 Å². The van der Waals surface area contributed by atoms with Crippen LogP contribution in [-0.4, -0.2) is 22.1 Å². The fraction of sp³-hybridized carbons (Fsp3) is 0.0952. The predicted octanol–water partition coefficient (Wildman–Crippen LogP) is 4.42. The molecule has 4 rings (SSSR count). The lowest BCUT2D eigenvalue weighted by Gasteiger charge is -2.43. The number of pyridine rings is 1. The number of aromatic nitrogens is 1. The number of hydrogen-bond acceptors (Lipinski definition) is 4. The number of amides is 2. The summed E-state index contributed by atoms with van der Waals surface area (Å²) >= 11 is 13.1. The van der Waals surface area contributed by atoms with E-state index in [1.54, 1.807) is 60.8 Å². The van der Waals surface area contributed by atoms with Crippen molar-refractivity contribution in [1.82, 2.24) is 4.98 Å². The molecule has 3 aromatic rings. The van der Waals surface area contributed by atoms with Gasteiger partial charge in [-0.15, -0.1) is 0 Å². The summed E-state index contributed by atoms with van der Waals surface area (Å²) < 4.78 is 0. The molecule has 0 radical (unpaired) electrons. The third-order valence-corrected chi connectivity index (χ3v) is 5.71. The standard InChI is InChI=1S/C21H16Cl2N4O3/c22-13-6-3-7-14(23)18(13)21(17(19(24)28)12-5-4-10-25-11-12)26-15-8-1-2-9-16(15)27(21)20(29)30/h1-11,17,26H,(H2,24,28)(H,29,30). The highest BCUT2D eigenvalue weighted by Crippen LogP contribution is 2.54. The summed E-state index contributed by atoms with van der Waals surface area (Å²) in [5.74, 6) is -1.97. The van der Waals surface area contributed by atoms with Crippen LogP contribution in [0, 0.1) is 0 Å². The minimum Gasteiger partial charge on any atom is -0.465 e. The highest BCUT2D eigenvalue weighted by Gasteiger charge is 2.58. The van der Waals surface area contributed by atoms with Gasteiger partial charge in [-0.05, 0) is 35.9 Å². The van der Waals surface area contributed by atoms with Crippen LogP contribution >= 0.6 is 23.2 Å². The number of benzene rings is 2. The number of carboxylic acid groups (broad SMARTS) is 1. The molecule has 0 spiro atoms. The number of rotatable bonds is 4. The monoisotopic (exact) mass is 442 g/mol. The molecule has 7 nitrogen and oxygen atoms in total. The van der Waals surface area contributed by atoms with E-state index in [-0.39, 0.29) is 15.6 Å². The number of primary amides is 1. The summed E-state index contributed by atoms with van der Waals surface area (Å²) in [5.41, 5.74) is 5.59. The maximum Gasteiger partial charge on any atom is 0.414 e. The van der Waals surface area contributed by atoms with Crippen molar-refractivity contribution >= 4 is 46.6 Å². The molecule has 1 aliphatic rings. The van der Waals surface area contributed by atoms with E-state index in [4.69, 9.17) is 28.9 Å². The lowest BCUT2D eigenvalue weighted by molar-refractivity contribution is -0.120. The van der Waals surface area contributed by atoms with Crippen LogP contribution in [0.15, 0.2) is 67.0 Å². The summed E-state index contributed by atoms with van der Waals surface area (Å²) in [6.07, 6.45) is 1.70. The molecule has 2 amide bonds. The Morgan fingerprint density at radius 3 is 2.37 bits per heavy atom. The molecule has 0 aliphatic carbocycles. The predicted molar refractivity (Wildman–Crippen MR) is 115 cm³/mol. The number of halogens is 2. The van der Waals surface area contributed by atoms with Gasteiger partial charge in [0.25, 0.3) is 0 Å². The first-order chi connectivity index (χ1) is 14.4. The SMILES string of the molecule is NC(=O)C(c1cccnc1)C1(c2c(Cl)cccc2Cl)Nc2ccccc2N1C(=O)O. The zero-order chi connectivity index (χ0) is 21.5. The molecule has 2 heterocycles. The van der Waals surface area contributed by atoms with Crippen LogP contribution in [0.3, 0.4) is 0 Å². The molecule has 2 aromatic carbocycles. The molecule has 2 unspecified atom stereocenters. The van der Waals surface area contributed by atoms with Crippen LogP contribution < -0.4 is 16.0 Å². The van der Waals surface area contributed by atoms with Crippen molar-refractivity contribution in [2.45, 2.75) is 11.6 Å². The quantitative estimate of drug-likeness (QED) is 0.553. The largest absolute Gasteiger partial charge is 0.465 e. The second-order valence-corrected chi connectivity index (χ2v) is 7.56. The Balaban J connectivity index is 2.12. The molecular formula is C21H16Cl2N4O3. The number of hydrogen-bond donors (Lipinski definition) is 3. The van der Waals surface area contributed by atoms with Gasteiger partial charge in [-0.2, -0.15) is 0 Å². The van der Waals surface area contributed by atoms with Gasteiger partial charge in [0.15, 0.2) is 5.66 Å². The average molecular weight is 443 g/mol. The Hall–Kier alpha value is -3.29. The van der Waals surface area contributed by atoms with Gasteiger partial charge in [0.1, 0.15) is 5.92 Å². The maximum absolute atomic E-state index is 12.9. The molecule has 152 valence electrons. The van der Waals surface area contributed by atoms with Crippen molar-refractivity contribution in [1.29, 1.82) is 0 Å². The second kappa shape index (κ2) is 7.51. The zero-order valence-corrected chi connectivity index (χ0v) is 16.9. The zero-order valence-electron chi connectivity index (χ0n) is 15.4. The fourth-order valence-corrected chi connectivity index (χ4v) is 4.70. The number of fused-ring (bicyclic) bond motifs is 1. The van der Waals surface area contributed by atoms with E-state index in [1.807, 2.05) is 0 Å². The van der Waals surface area contributed by atoms with E-state index >= 15 is 0 Å². The van der Waals surface area contributed by atoms with Crippen LogP contribution in [0.1, 0.15) is 17.0 Å². The summed E-state index contributed by atoms with van der Waals surface area (Å²) in [4.78, 5) is 30.6. The van der Waals surface area contributed by atoms with Crippen LogP contribution in [0.25, 0.3) is 0 Å². The van der Waals surface area contributed by atoms with Gasteiger partial charge in [-0.25, -0.2) is 9.69 Å². The van der Waals surface area contributed by atoms with Gasteiger partial charge in [0.05, 0.1) is 11.4 Å². The number of para-hydroxylation sites is 2. The van der Waals surface area contributed by atoms with Crippen molar-refractivity contribution < 1.29 is 14.7 Å². The molecule has 4 N–H and O–H groups in total. The van der Waals surface area contributed by atoms with Crippen LogP contribution in [0.5, 0.6) is 0 Å². The molecule has 1 aromatic heterocycles. The van der Waals surface area contributed by atoms with Crippen LogP contribution in [0.2, 0.25) is 10.0 Å². The first-order valence-corrected chi connectivity index (χ1v) is 9.67. The van der Waals surface area contributed by atoms with Crippen molar-refractivity contribution in [2.75, 3.05) is 10.2 Å². The van der Waals surface area contributed by atoms with E-state index in [2.05, 4.69) is 10.3 Å². The topological polar surface area (TPSA) is 109 Å². The van der Waals surface area contributed by atoms with Crippen molar-refractivity contribution in [3.8, 4) is 0 Å². The number of nitrogens with two attached hydrogens (primary N) is 1. The molecule has 9 heteroatoms. The fourth-order valence-electron chi connectivity index (χ4n) is 4.02. The minimum atomic E-state index is -1.74. The second-order valence-electron chi connectivity index (χ2n) is 6.74. The highest BCUT2D eigenvalue weighted by atomic mass is 35.5. The normalized spacial score (nSPS) is 18.4. The number of nitrogens with zero attached hydrogens (tertiary/aromatic N) is 2.